The second-order valence-electron chi connectivity index (χ2n) is 4.81. The number of benzene rings is 1. The topological polar surface area (TPSA) is 98.3 Å². The van der Waals surface area contributed by atoms with Gasteiger partial charge in [0.2, 0.25) is 0 Å². The Morgan fingerprint density at radius 1 is 1.23 bits per heavy atom. The number of nitrogens with one attached hydrogen (secondary N) is 1. The van der Waals surface area contributed by atoms with Gasteiger partial charge in [0.1, 0.15) is 0 Å². The van der Waals surface area contributed by atoms with Crippen LogP contribution >= 0.6 is 0 Å². The van der Waals surface area contributed by atoms with Crippen LogP contribution in [0.2, 0.25) is 0 Å². The molecule has 1 aromatic rings. The lowest BCUT2D eigenvalue weighted by Crippen LogP contribution is -2.17. The monoisotopic (exact) mass is 321 g/mol. The maximum atomic E-state index is 13.1. The van der Waals surface area contributed by atoms with E-state index in [0.717, 1.165) is 0 Å². The normalized spacial score (nSPS) is 11.6. The van der Waals surface area contributed by atoms with Crippen molar-refractivity contribution in [2.24, 2.45) is 0 Å². The van der Waals surface area contributed by atoms with E-state index in [4.69, 9.17) is 0 Å². The smallest absolute Gasteiger partial charge is 0.372 e. The molecule has 122 valence electrons. The Morgan fingerprint density at radius 3 is 2.09 bits per heavy atom. The number of anilines is 1. The highest BCUT2D eigenvalue weighted by atomic mass is 19.4. The summed E-state index contributed by atoms with van der Waals surface area (Å²) in [7, 11) is 0. The summed E-state index contributed by atoms with van der Waals surface area (Å²) in [5.41, 5.74) is -4.31. The third-order valence-corrected chi connectivity index (χ3v) is 2.86. The van der Waals surface area contributed by atoms with Crippen molar-refractivity contribution in [2.75, 3.05) is 5.32 Å². The Kier molecular flexibility index (Phi) is 4.94. The third kappa shape index (κ3) is 3.43. The first kappa shape index (κ1) is 17.7. The molecule has 1 N–H and O–H groups in total. The summed E-state index contributed by atoms with van der Waals surface area (Å²) in [4.78, 5) is 20.2. The third-order valence-electron chi connectivity index (χ3n) is 2.86. The molecule has 0 unspecified atom stereocenters. The average Bonchev–Trinajstić information content (AvgIpc) is 2.34. The molecule has 0 fully saturated rings. The molecule has 0 bridgehead atoms. The van der Waals surface area contributed by atoms with Crippen LogP contribution in [0, 0.1) is 20.2 Å². The van der Waals surface area contributed by atoms with Crippen molar-refractivity contribution in [1.82, 2.24) is 0 Å². The Bertz CT molecular complexity index is 615. The van der Waals surface area contributed by atoms with E-state index in [0.29, 0.717) is 6.07 Å². The molecule has 0 radical (unpaired) electrons. The summed E-state index contributed by atoms with van der Waals surface area (Å²) in [5, 5.41) is 24.8. The van der Waals surface area contributed by atoms with Gasteiger partial charge in [0.25, 0.3) is 5.69 Å². The van der Waals surface area contributed by atoms with Crippen LogP contribution in [0.4, 0.5) is 30.2 Å². The molecule has 1 rings (SSSR count). The Hall–Kier alpha value is -2.39. The highest BCUT2D eigenvalue weighted by Gasteiger charge is 2.41. The average molecular weight is 321 g/mol. The first-order valence-corrected chi connectivity index (χ1v) is 6.33. The molecule has 1 aromatic carbocycles. The maximum absolute atomic E-state index is 13.1. The predicted molar refractivity (Wildman–Crippen MR) is 72.9 cm³/mol. The van der Waals surface area contributed by atoms with Crippen molar-refractivity contribution >= 4 is 17.1 Å². The molecular weight excluding hydrogens is 307 g/mol. The molecular formula is C12H14F3N3O4. The molecule has 0 amide bonds. The molecule has 0 atom stereocenters. The van der Waals surface area contributed by atoms with E-state index in [1.54, 1.807) is 13.8 Å². The Balaban J connectivity index is 3.90. The van der Waals surface area contributed by atoms with E-state index in [-0.39, 0.29) is 6.42 Å². The predicted octanol–water partition coefficient (Wildman–Crippen LogP) is 3.90. The van der Waals surface area contributed by atoms with Crippen LogP contribution in [0.15, 0.2) is 6.07 Å². The lowest BCUT2D eigenvalue weighted by Gasteiger charge is -2.17. The van der Waals surface area contributed by atoms with Crippen molar-refractivity contribution < 1.29 is 23.0 Å². The van der Waals surface area contributed by atoms with Gasteiger partial charge >= 0.3 is 11.9 Å². The summed E-state index contributed by atoms with van der Waals surface area (Å²) in [6.07, 6.45) is -5.20. The number of alkyl halides is 3. The summed E-state index contributed by atoms with van der Waals surface area (Å²) < 4.78 is 39.2. The minimum atomic E-state index is -4.92. The fourth-order valence-electron chi connectivity index (χ4n) is 2.08. The van der Waals surface area contributed by atoms with Gasteiger partial charge in [-0.1, -0.05) is 6.92 Å². The van der Waals surface area contributed by atoms with Crippen LogP contribution in [-0.4, -0.2) is 15.9 Å². The molecule has 0 aromatic heterocycles. The fraction of sp³-hybridized carbons (Fsp3) is 0.500. The molecule has 22 heavy (non-hydrogen) atoms. The van der Waals surface area contributed by atoms with E-state index in [1.165, 1.54) is 6.92 Å². The number of nitro groups is 2. The second-order valence-corrected chi connectivity index (χ2v) is 4.81. The van der Waals surface area contributed by atoms with Gasteiger partial charge in [-0.2, -0.15) is 13.2 Å². The van der Waals surface area contributed by atoms with Gasteiger partial charge in [-0.05, 0) is 20.3 Å². The van der Waals surface area contributed by atoms with Crippen molar-refractivity contribution in [2.45, 2.75) is 39.4 Å². The van der Waals surface area contributed by atoms with Crippen molar-refractivity contribution in [3.8, 4) is 0 Å². The number of hydrogen-bond acceptors (Lipinski definition) is 5. The number of nitrogens with zero attached hydrogens (tertiary/aromatic N) is 2. The molecule has 0 aliphatic carbocycles. The Labute approximate surface area is 123 Å². The number of nitro benzene ring substituents is 2. The molecule has 10 heteroatoms. The number of rotatable bonds is 5. The van der Waals surface area contributed by atoms with Gasteiger partial charge in [-0.15, -0.1) is 0 Å². The Morgan fingerprint density at radius 2 is 1.77 bits per heavy atom. The van der Waals surface area contributed by atoms with Crippen molar-refractivity contribution in [3.05, 3.63) is 37.4 Å². The zero-order valence-electron chi connectivity index (χ0n) is 12.0. The zero-order valence-corrected chi connectivity index (χ0v) is 12.0. The van der Waals surface area contributed by atoms with Crippen molar-refractivity contribution in [3.63, 3.8) is 0 Å². The standard InChI is InChI=1S/C12H14F3N3O4/c1-4-7-8(12(13,14)15)5-9(17(19)20)10(16-6(2)3)11(7)18(21)22/h5-6,16H,4H2,1-3H3. The first-order chi connectivity index (χ1) is 10.0. The molecule has 0 saturated carbocycles. The van der Waals surface area contributed by atoms with Gasteiger partial charge in [0.15, 0.2) is 5.69 Å². The van der Waals surface area contributed by atoms with Crippen LogP contribution in [0.5, 0.6) is 0 Å². The second kappa shape index (κ2) is 6.16. The van der Waals surface area contributed by atoms with Crippen LogP contribution in [-0.2, 0) is 12.6 Å². The van der Waals surface area contributed by atoms with Crippen molar-refractivity contribution in [1.29, 1.82) is 0 Å². The molecule has 0 saturated heterocycles. The molecule has 0 spiro atoms. The van der Waals surface area contributed by atoms with Crippen LogP contribution in [0.25, 0.3) is 0 Å². The molecule has 0 heterocycles. The van der Waals surface area contributed by atoms with Gasteiger partial charge in [-0.25, -0.2) is 0 Å². The van der Waals surface area contributed by atoms with E-state index in [9.17, 15) is 33.4 Å². The number of hydrogen-bond donors (Lipinski definition) is 1. The van der Waals surface area contributed by atoms with Gasteiger partial charge in [0, 0.05) is 17.7 Å². The molecule has 0 aliphatic heterocycles. The lowest BCUT2D eigenvalue weighted by atomic mass is 9.99. The zero-order chi connectivity index (χ0) is 17.2. The summed E-state index contributed by atoms with van der Waals surface area (Å²) >= 11 is 0. The van der Waals surface area contributed by atoms with E-state index >= 15 is 0 Å². The minimum absolute atomic E-state index is 0.282. The van der Waals surface area contributed by atoms with E-state index in [2.05, 4.69) is 5.32 Å². The van der Waals surface area contributed by atoms with Gasteiger partial charge in [0.05, 0.1) is 15.4 Å². The molecule has 0 aliphatic rings. The first-order valence-electron chi connectivity index (χ1n) is 6.33. The van der Waals surface area contributed by atoms with Crippen LogP contribution < -0.4 is 5.32 Å². The molecule has 7 nitrogen and oxygen atoms in total. The van der Waals surface area contributed by atoms with Gasteiger partial charge in [-0.3, -0.25) is 20.2 Å². The summed E-state index contributed by atoms with van der Waals surface area (Å²) in [6.45, 7) is 4.45. The number of halogens is 3. The van der Waals surface area contributed by atoms with Crippen LogP contribution in [0.3, 0.4) is 0 Å². The maximum Gasteiger partial charge on any atom is 0.417 e. The fourth-order valence-corrected chi connectivity index (χ4v) is 2.08. The lowest BCUT2D eigenvalue weighted by molar-refractivity contribution is -0.393. The summed E-state index contributed by atoms with van der Waals surface area (Å²) in [6, 6.07) is -0.0878. The van der Waals surface area contributed by atoms with Gasteiger partial charge < -0.3 is 5.32 Å². The SMILES string of the molecule is CCc1c(C(F)(F)F)cc([N+](=O)[O-])c(NC(C)C)c1[N+](=O)[O-]. The minimum Gasteiger partial charge on any atom is -0.372 e. The van der Waals surface area contributed by atoms with E-state index < -0.39 is 50.3 Å². The highest BCUT2D eigenvalue weighted by Crippen LogP contribution is 2.45. The van der Waals surface area contributed by atoms with E-state index in [1.807, 2.05) is 0 Å². The summed E-state index contributed by atoms with van der Waals surface area (Å²) in [5.74, 6) is 0. The quantitative estimate of drug-likeness (QED) is 0.655. The largest absolute Gasteiger partial charge is 0.417 e. The van der Waals surface area contributed by atoms with Crippen LogP contribution in [0.1, 0.15) is 31.9 Å². The highest BCUT2D eigenvalue weighted by molar-refractivity contribution is 5.78.